The molecule has 2 nitrogen and oxygen atoms in total. The third kappa shape index (κ3) is 1.45. The van der Waals surface area contributed by atoms with Crippen molar-refractivity contribution in [3.8, 4) is 0 Å². The maximum Gasteiger partial charge on any atom is 0.0602 e. The van der Waals surface area contributed by atoms with Gasteiger partial charge in [0.25, 0.3) is 0 Å². The predicted molar refractivity (Wildman–Crippen MR) is 26.1 cm³/mol. The van der Waals surface area contributed by atoms with Crippen molar-refractivity contribution in [2.45, 2.75) is 18.8 Å². The van der Waals surface area contributed by atoms with Crippen LogP contribution in [0.1, 0.15) is 21.0 Å². The van der Waals surface area contributed by atoms with Gasteiger partial charge in [-0.15, -0.1) is 0 Å². The van der Waals surface area contributed by atoms with Crippen molar-refractivity contribution in [2.75, 3.05) is 13.2 Å². The zero-order valence-corrected chi connectivity index (χ0v) is 3.64. The molecule has 0 amide bonds. The molecule has 2 atom stereocenters. The van der Waals surface area contributed by atoms with Crippen LogP contribution in [0, 0.1) is 0 Å². The Bertz CT molecular complexity index is 215. The van der Waals surface area contributed by atoms with E-state index >= 15 is 0 Å². The summed E-state index contributed by atoms with van der Waals surface area (Å²) in [6, 6.07) is 0. The molecule has 0 aromatic rings. The quantitative estimate of drug-likeness (QED) is 0.479. The average molecular weight is 108 g/mol. The van der Waals surface area contributed by atoms with Gasteiger partial charge >= 0.3 is 0 Å². The van der Waals surface area contributed by atoms with Crippen LogP contribution in [0.4, 0.5) is 0 Å². The van der Waals surface area contributed by atoms with E-state index in [1.54, 1.807) is 0 Å². The summed E-state index contributed by atoms with van der Waals surface area (Å²) in [4.78, 5) is 0. The largest absolute Gasteiger partial charge is 0.393 e. The van der Waals surface area contributed by atoms with Gasteiger partial charge in [-0.2, -0.15) is 0 Å². The lowest BCUT2D eigenvalue weighted by molar-refractivity contribution is 0.0140. The molecule has 2 unspecified atom stereocenters. The van der Waals surface area contributed by atoms with E-state index in [-0.39, 0.29) is 0 Å². The van der Waals surface area contributed by atoms with E-state index in [9.17, 15) is 5.11 Å². The molecule has 0 spiro atoms. The Morgan fingerprint density at radius 2 is 2.71 bits per heavy atom. The van der Waals surface area contributed by atoms with Crippen LogP contribution in [0.3, 0.4) is 0 Å². The van der Waals surface area contributed by atoms with Crippen molar-refractivity contribution >= 4 is 0 Å². The minimum absolute atomic E-state index is 0.652. The first kappa shape index (κ1) is 1.45. The zero-order chi connectivity index (χ0) is 10.5. The Hall–Kier alpha value is -0.0800. The smallest absolute Gasteiger partial charge is 0.0602 e. The molecule has 1 heterocycles. The third-order valence-corrected chi connectivity index (χ3v) is 0.602. The minimum Gasteiger partial charge on any atom is -0.393 e. The van der Waals surface area contributed by atoms with Crippen LogP contribution >= 0.6 is 0 Å². The molecule has 42 valence electrons. The molecule has 7 heavy (non-hydrogen) atoms. The number of hydrogen-bond donors (Lipinski definition) is 1. The van der Waals surface area contributed by atoms with Gasteiger partial charge in [0.05, 0.1) is 8.82 Å². The number of rotatable bonds is 0. The highest BCUT2D eigenvalue weighted by Gasteiger charge is 2.07. The average Bonchev–Trinajstić information content (AvgIpc) is 1.97. The van der Waals surface area contributed by atoms with E-state index in [1.165, 1.54) is 0 Å². The Morgan fingerprint density at radius 3 is 3.43 bits per heavy atom. The minimum atomic E-state index is -2.95. The third-order valence-electron chi connectivity index (χ3n) is 0.602. The van der Waals surface area contributed by atoms with Crippen molar-refractivity contribution in [2.24, 2.45) is 0 Å². The first-order valence-electron chi connectivity index (χ1n) is 4.97. The van der Waals surface area contributed by atoms with Crippen molar-refractivity contribution in [1.82, 2.24) is 0 Å². The first-order valence-corrected chi connectivity index (χ1v) is 1.89. The second-order valence-electron chi connectivity index (χ2n) is 1.10. The molecule has 0 saturated carbocycles. The van der Waals surface area contributed by atoms with Gasteiger partial charge in [-0.25, -0.2) is 0 Å². The van der Waals surface area contributed by atoms with Crippen LogP contribution in [0.2, 0.25) is 0 Å². The van der Waals surface area contributed by atoms with E-state index in [0.29, 0.717) is 0 Å². The van der Waals surface area contributed by atoms with Gasteiger partial charge < -0.3 is 9.84 Å². The Labute approximate surface area is 51.5 Å². The standard InChI is InChI=1S/C5H10O2/c6-5-1-3-7-4-2-5/h5-6H,1-4H2/i1D2,2D2,3D,5D. The maximum absolute atomic E-state index is 9.32. The van der Waals surface area contributed by atoms with Crippen LogP contribution < -0.4 is 0 Å². The summed E-state index contributed by atoms with van der Waals surface area (Å²) in [5, 5.41) is 9.32. The van der Waals surface area contributed by atoms with Gasteiger partial charge in [0.15, 0.2) is 0 Å². The monoisotopic (exact) mass is 108 g/mol. The number of aliphatic hydroxyl groups is 1. The first-order chi connectivity index (χ1) is 5.63. The van der Waals surface area contributed by atoms with Crippen LogP contribution in [-0.4, -0.2) is 24.4 Å². The fourth-order valence-corrected chi connectivity index (χ4v) is 0.300. The van der Waals surface area contributed by atoms with Crippen molar-refractivity contribution in [1.29, 1.82) is 0 Å². The molecule has 0 bridgehead atoms. The lowest BCUT2D eigenvalue weighted by Gasteiger charge is -2.15. The van der Waals surface area contributed by atoms with E-state index in [1.807, 2.05) is 0 Å². The molecule has 0 aliphatic carbocycles. The highest BCUT2D eigenvalue weighted by molar-refractivity contribution is 4.58. The van der Waals surface area contributed by atoms with Gasteiger partial charge in [0.2, 0.25) is 0 Å². The molecular weight excluding hydrogens is 92.1 g/mol. The van der Waals surface area contributed by atoms with Crippen molar-refractivity contribution in [3.63, 3.8) is 0 Å². The highest BCUT2D eigenvalue weighted by atomic mass is 16.5. The molecule has 1 fully saturated rings. The fraction of sp³-hybridized carbons (Fsp3) is 1.00. The summed E-state index contributed by atoms with van der Waals surface area (Å²) in [5.41, 5.74) is 0. The zero-order valence-electron chi connectivity index (χ0n) is 9.64. The molecule has 1 N–H and O–H groups in total. The van der Waals surface area contributed by atoms with E-state index in [0.717, 1.165) is 0 Å². The van der Waals surface area contributed by atoms with Crippen LogP contribution in [0.25, 0.3) is 0 Å². The molecule has 1 aliphatic rings. The van der Waals surface area contributed by atoms with Gasteiger partial charge in [-0.05, 0) is 12.7 Å². The summed E-state index contributed by atoms with van der Waals surface area (Å²) in [6.45, 7) is -2.39. The highest BCUT2D eigenvalue weighted by Crippen LogP contribution is 2.03. The van der Waals surface area contributed by atoms with Crippen LogP contribution in [0.15, 0.2) is 0 Å². The van der Waals surface area contributed by atoms with Gasteiger partial charge in [0.1, 0.15) is 0 Å². The number of hydrogen-bond acceptors (Lipinski definition) is 2. The summed E-state index contributed by atoms with van der Waals surface area (Å²) in [7, 11) is 0. The Kier molecular flexibility index (Phi) is 0.474. The number of ether oxygens (including phenoxy) is 1. The van der Waals surface area contributed by atoms with Crippen molar-refractivity contribution in [3.05, 3.63) is 0 Å². The summed E-state index contributed by atoms with van der Waals surface area (Å²) in [5.74, 6) is 0. The summed E-state index contributed by atoms with van der Waals surface area (Å²) in [6.07, 6.45) is -8.20. The van der Waals surface area contributed by atoms with E-state index in [4.69, 9.17) is 8.22 Å². The molecular formula is C5H10O2. The molecule has 0 aromatic carbocycles. The van der Waals surface area contributed by atoms with Crippen LogP contribution in [0.5, 0.6) is 0 Å². The SMILES string of the molecule is [2H]C1OCC([2H])([2H])C([2H])(O)C1([2H])[2H]. The topological polar surface area (TPSA) is 29.5 Å². The molecule has 2 heteroatoms. The summed E-state index contributed by atoms with van der Waals surface area (Å²) >= 11 is 0. The van der Waals surface area contributed by atoms with Crippen molar-refractivity contribution < 1.29 is 18.1 Å². The van der Waals surface area contributed by atoms with Gasteiger partial charge in [-0.1, -0.05) is 0 Å². The fourth-order valence-electron chi connectivity index (χ4n) is 0.300. The van der Waals surface area contributed by atoms with Gasteiger partial charge in [-0.3, -0.25) is 0 Å². The second-order valence-corrected chi connectivity index (χ2v) is 1.10. The predicted octanol–water partition coefficient (Wildman–Crippen LogP) is 0.158. The van der Waals surface area contributed by atoms with Gasteiger partial charge in [0, 0.05) is 18.7 Å². The lowest BCUT2D eigenvalue weighted by Crippen LogP contribution is -2.19. The lowest BCUT2D eigenvalue weighted by atomic mass is 10.2. The molecule has 0 aromatic heterocycles. The Morgan fingerprint density at radius 1 is 1.86 bits per heavy atom. The maximum atomic E-state index is 9.32. The Balaban J connectivity index is 3.07. The summed E-state index contributed by atoms with van der Waals surface area (Å²) < 4.78 is 47.4. The molecule has 1 aliphatic heterocycles. The molecule has 0 radical (unpaired) electrons. The molecule has 1 rings (SSSR count). The molecule has 1 saturated heterocycles. The van der Waals surface area contributed by atoms with Crippen LogP contribution in [-0.2, 0) is 4.74 Å². The second kappa shape index (κ2) is 2.28. The van der Waals surface area contributed by atoms with E-state index in [2.05, 4.69) is 4.74 Å². The van der Waals surface area contributed by atoms with E-state index < -0.39 is 32.0 Å². The normalized spacial score (nSPS) is 81.0.